The van der Waals surface area contributed by atoms with Gasteiger partial charge in [-0.05, 0) is 25.0 Å². The smallest absolute Gasteiger partial charge is 0.338 e. The molecular formula is C12H12O3. The van der Waals surface area contributed by atoms with Crippen LogP contribution in [0.15, 0.2) is 30.3 Å². The summed E-state index contributed by atoms with van der Waals surface area (Å²) in [6.07, 6.45) is 1.89. The van der Waals surface area contributed by atoms with Crippen LogP contribution in [0.25, 0.3) is 0 Å². The topological polar surface area (TPSA) is 43.4 Å². The number of ketones is 1. The highest BCUT2D eigenvalue weighted by atomic mass is 16.5. The van der Waals surface area contributed by atoms with Gasteiger partial charge in [0, 0.05) is 5.92 Å². The van der Waals surface area contributed by atoms with Crippen molar-refractivity contribution < 1.29 is 14.3 Å². The van der Waals surface area contributed by atoms with Crippen LogP contribution < -0.4 is 0 Å². The molecular weight excluding hydrogens is 192 g/mol. The first kappa shape index (κ1) is 9.90. The van der Waals surface area contributed by atoms with Crippen molar-refractivity contribution in [1.82, 2.24) is 0 Å². The molecule has 15 heavy (non-hydrogen) atoms. The van der Waals surface area contributed by atoms with Gasteiger partial charge < -0.3 is 4.74 Å². The summed E-state index contributed by atoms with van der Waals surface area (Å²) in [5.74, 6) is -0.238. The Bertz CT molecular complexity index is 366. The Morgan fingerprint density at radius 3 is 2.47 bits per heavy atom. The van der Waals surface area contributed by atoms with Gasteiger partial charge in [0.1, 0.15) is 0 Å². The van der Waals surface area contributed by atoms with E-state index in [0.717, 1.165) is 12.8 Å². The minimum absolute atomic E-state index is 0.0410. The molecule has 3 heteroatoms. The molecule has 0 amide bonds. The minimum atomic E-state index is -0.426. The molecule has 0 unspecified atom stereocenters. The van der Waals surface area contributed by atoms with Gasteiger partial charge in [-0.25, -0.2) is 4.79 Å². The fourth-order valence-electron chi connectivity index (χ4n) is 1.32. The average Bonchev–Trinajstić information content (AvgIpc) is 3.10. The van der Waals surface area contributed by atoms with Crippen LogP contribution in [-0.4, -0.2) is 18.4 Å². The van der Waals surface area contributed by atoms with Crippen LogP contribution in [0.5, 0.6) is 0 Å². The van der Waals surface area contributed by atoms with E-state index in [1.165, 1.54) is 0 Å². The third kappa shape index (κ3) is 2.65. The van der Waals surface area contributed by atoms with E-state index in [4.69, 9.17) is 4.74 Å². The van der Waals surface area contributed by atoms with Gasteiger partial charge in [-0.2, -0.15) is 0 Å². The summed E-state index contributed by atoms with van der Waals surface area (Å²) in [6, 6.07) is 8.69. The van der Waals surface area contributed by atoms with E-state index in [0.29, 0.717) is 5.56 Å². The molecule has 0 saturated heterocycles. The van der Waals surface area contributed by atoms with Gasteiger partial charge in [0.25, 0.3) is 0 Å². The molecule has 0 spiro atoms. The van der Waals surface area contributed by atoms with Crippen LogP contribution in [-0.2, 0) is 9.53 Å². The number of carbonyl (C=O) groups excluding carboxylic acids is 2. The van der Waals surface area contributed by atoms with Crippen LogP contribution in [0.1, 0.15) is 23.2 Å². The number of carbonyl (C=O) groups is 2. The van der Waals surface area contributed by atoms with Gasteiger partial charge in [0.05, 0.1) is 5.56 Å². The SMILES string of the molecule is O=C(OCC(=O)C1CC1)c1ccccc1. The summed E-state index contributed by atoms with van der Waals surface area (Å²) in [5.41, 5.74) is 0.487. The zero-order valence-corrected chi connectivity index (χ0v) is 8.31. The first-order valence-corrected chi connectivity index (χ1v) is 5.02. The van der Waals surface area contributed by atoms with Gasteiger partial charge in [0.15, 0.2) is 12.4 Å². The molecule has 78 valence electrons. The minimum Gasteiger partial charge on any atom is -0.454 e. The quantitative estimate of drug-likeness (QED) is 0.702. The fraction of sp³-hybridized carbons (Fsp3) is 0.333. The van der Waals surface area contributed by atoms with E-state index < -0.39 is 5.97 Å². The lowest BCUT2D eigenvalue weighted by atomic mass is 10.2. The second-order valence-electron chi connectivity index (χ2n) is 3.68. The summed E-state index contributed by atoms with van der Waals surface area (Å²) < 4.78 is 4.90. The standard InChI is InChI=1S/C12H12O3/c13-11(9-6-7-9)8-15-12(14)10-4-2-1-3-5-10/h1-5,9H,6-8H2. The van der Waals surface area contributed by atoms with Crippen molar-refractivity contribution in [3.05, 3.63) is 35.9 Å². The summed E-state index contributed by atoms with van der Waals surface area (Å²) >= 11 is 0. The normalized spacial score (nSPS) is 14.7. The lowest BCUT2D eigenvalue weighted by Crippen LogP contribution is -2.15. The predicted octanol–water partition coefficient (Wildman–Crippen LogP) is 1.82. The largest absolute Gasteiger partial charge is 0.454 e. The van der Waals surface area contributed by atoms with E-state index >= 15 is 0 Å². The van der Waals surface area contributed by atoms with Crippen molar-refractivity contribution in [3.63, 3.8) is 0 Å². The molecule has 1 aliphatic rings. The van der Waals surface area contributed by atoms with Crippen molar-refractivity contribution in [3.8, 4) is 0 Å². The highest BCUT2D eigenvalue weighted by molar-refractivity contribution is 5.92. The first-order valence-electron chi connectivity index (χ1n) is 5.02. The highest BCUT2D eigenvalue weighted by Gasteiger charge is 2.30. The number of hydrogen-bond acceptors (Lipinski definition) is 3. The second-order valence-corrected chi connectivity index (χ2v) is 3.68. The Labute approximate surface area is 88.1 Å². The predicted molar refractivity (Wildman–Crippen MR) is 54.5 cm³/mol. The molecule has 0 atom stereocenters. The first-order chi connectivity index (χ1) is 7.27. The number of Topliss-reactive ketones (excluding diaryl/α,β-unsaturated/α-hetero) is 1. The van der Waals surface area contributed by atoms with Crippen LogP contribution in [0, 0.1) is 5.92 Å². The molecule has 3 nitrogen and oxygen atoms in total. The molecule has 0 heterocycles. The summed E-state index contributed by atoms with van der Waals surface area (Å²) in [7, 11) is 0. The van der Waals surface area contributed by atoms with Crippen LogP contribution in [0.3, 0.4) is 0 Å². The summed E-state index contributed by atoms with van der Waals surface area (Å²) in [6.45, 7) is -0.0849. The number of ether oxygens (including phenoxy) is 1. The molecule has 1 aromatic rings. The lowest BCUT2D eigenvalue weighted by molar-refractivity contribution is -0.123. The van der Waals surface area contributed by atoms with E-state index in [1.807, 2.05) is 6.07 Å². The maximum Gasteiger partial charge on any atom is 0.338 e. The number of esters is 1. The number of hydrogen-bond donors (Lipinski definition) is 0. The zero-order chi connectivity index (χ0) is 10.7. The Hall–Kier alpha value is -1.64. The zero-order valence-electron chi connectivity index (χ0n) is 8.31. The third-order valence-corrected chi connectivity index (χ3v) is 2.39. The maximum absolute atomic E-state index is 11.4. The highest BCUT2D eigenvalue weighted by Crippen LogP contribution is 2.29. The van der Waals surface area contributed by atoms with E-state index in [-0.39, 0.29) is 18.3 Å². The summed E-state index contributed by atoms with van der Waals surface area (Å²) in [5, 5.41) is 0. The van der Waals surface area contributed by atoms with Crippen molar-refractivity contribution in [2.24, 2.45) is 5.92 Å². The lowest BCUT2D eigenvalue weighted by Gasteiger charge is -2.02. The van der Waals surface area contributed by atoms with E-state index in [1.54, 1.807) is 24.3 Å². The monoisotopic (exact) mass is 204 g/mol. The van der Waals surface area contributed by atoms with Crippen molar-refractivity contribution in [2.75, 3.05) is 6.61 Å². The molecule has 1 fully saturated rings. The Morgan fingerprint density at radius 1 is 1.20 bits per heavy atom. The maximum atomic E-state index is 11.4. The molecule has 1 aliphatic carbocycles. The molecule has 0 aromatic heterocycles. The van der Waals surface area contributed by atoms with Crippen LogP contribution in [0.4, 0.5) is 0 Å². The van der Waals surface area contributed by atoms with Crippen molar-refractivity contribution >= 4 is 11.8 Å². The van der Waals surface area contributed by atoms with Crippen molar-refractivity contribution in [1.29, 1.82) is 0 Å². The molecule has 2 rings (SSSR count). The fourth-order valence-corrected chi connectivity index (χ4v) is 1.32. The molecule has 0 aliphatic heterocycles. The Kier molecular flexibility index (Phi) is 2.81. The van der Waals surface area contributed by atoms with Gasteiger partial charge in [-0.1, -0.05) is 18.2 Å². The van der Waals surface area contributed by atoms with Gasteiger partial charge in [-0.3, -0.25) is 4.79 Å². The molecule has 0 bridgehead atoms. The number of rotatable bonds is 4. The van der Waals surface area contributed by atoms with Crippen LogP contribution >= 0.6 is 0 Å². The summed E-state index contributed by atoms with van der Waals surface area (Å²) in [4.78, 5) is 22.7. The number of benzene rings is 1. The van der Waals surface area contributed by atoms with Gasteiger partial charge in [0.2, 0.25) is 0 Å². The van der Waals surface area contributed by atoms with E-state index in [9.17, 15) is 9.59 Å². The molecule has 1 saturated carbocycles. The average molecular weight is 204 g/mol. The van der Waals surface area contributed by atoms with Crippen LogP contribution in [0.2, 0.25) is 0 Å². The molecule has 0 radical (unpaired) electrons. The van der Waals surface area contributed by atoms with E-state index in [2.05, 4.69) is 0 Å². The second kappa shape index (κ2) is 4.26. The van der Waals surface area contributed by atoms with Gasteiger partial charge >= 0.3 is 5.97 Å². The molecule has 0 N–H and O–H groups in total. The Balaban J connectivity index is 1.84. The van der Waals surface area contributed by atoms with Crippen molar-refractivity contribution in [2.45, 2.75) is 12.8 Å². The molecule has 1 aromatic carbocycles. The Morgan fingerprint density at radius 2 is 1.87 bits per heavy atom. The third-order valence-electron chi connectivity index (χ3n) is 2.39. The van der Waals surface area contributed by atoms with Gasteiger partial charge in [-0.15, -0.1) is 0 Å².